The van der Waals surface area contributed by atoms with Crippen molar-refractivity contribution in [1.29, 1.82) is 0 Å². The van der Waals surface area contributed by atoms with Gasteiger partial charge in [-0.05, 0) is 65.9 Å². The van der Waals surface area contributed by atoms with Gasteiger partial charge in [0, 0.05) is 32.4 Å². The normalized spacial score (nSPS) is 30.7. The maximum absolute atomic E-state index is 12.9. The Hall–Kier alpha value is -3.02. The van der Waals surface area contributed by atoms with Gasteiger partial charge in [-0.2, -0.15) is 0 Å². The van der Waals surface area contributed by atoms with Crippen LogP contribution in [-0.2, 0) is 38.1 Å². The summed E-state index contributed by atoms with van der Waals surface area (Å²) in [5, 5.41) is 8.71. The SMILES string of the molecule is CCCNC(=O)C(C)(C)NC(=O)C[C@@H]1CC2(CO2)C[C@@H](/C=C/C(C)=C/C[C@@H]2O[C@H](C)[C@H](NC(=O)/C=C\[C@H](C)OC(C)=O)C[C@@H]2C)O1. The lowest BCUT2D eigenvalue weighted by molar-refractivity contribution is -0.143. The second-order valence-corrected chi connectivity index (χ2v) is 13.7. The van der Waals surface area contributed by atoms with Crippen molar-refractivity contribution in [3.05, 3.63) is 36.0 Å². The van der Waals surface area contributed by atoms with Crippen molar-refractivity contribution in [1.82, 2.24) is 16.0 Å². The van der Waals surface area contributed by atoms with Crippen LogP contribution < -0.4 is 16.0 Å². The molecule has 0 bridgehead atoms. The van der Waals surface area contributed by atoms with Crippen LogP contribution in [0.1, 0.15) is 93.9 Å². The van der Waals surface area contributed by atoms with Crippen LogP contribution in [0, 0.1) is 5.92 Å². The molecule has 11 heteroatoms. The first-order chi connectivity index (χ1) is 21.6. The maximum atomic E-state index is 12.9. The van der Waals surface area contributed by atoms with Gasteiger partial charge in [0.05, 0.1) is 49.1 Å². The third-order valence-corrected chi connectivity index (χ3v) is 8.72. The Morgan fingerprint density at radius 3 is 2.46 bits per heavy atom. The standard InChI is InChI=1S/C35H55N3O8/c1-9-16-36-33(42)34(7,8)38-32(41)18-28-20-35(21-43-35)19-27(46-28)13-10-22(2)11-14-30-23(3)17-29(25(5)45-30)37-31(40)15-12-24(4)44-26(6)39/h10-13,15,23-25,27-30H,9,14,16-21H2,1-8H3,(H,36,42)(H,37,40)(H,38,41)/b13-10+,15-12-,22-11+/t23-,24-,25+,27+,28+,29+,30-,35?/m0/s1. The van der Waals surface area contributed by atoms with Crippen molar-refractivity contribution < 1.29 is 38.1 Å². The van der Waals surface area contributed by atoms with Crippen molar-refractivity contribution in [2.24, 2.45) is 5.92 Å². The molecule has 3 rings (SSSR count). The van der Waals surface area contributed by atoms with E-state index >= 15 is 0 Å². The number of carbonyl (C=O) groups excluding carboxylic acids is 4. The number of amides is 3. The van der Waals surface area contributed by atoms with E-state index in [-0.39, 0.29) is 66.1 Å². The predicted octanol–water partition coefficient (Wildman–Crippen LogP) is 3.81. The highest BCUT2D eigenvalue weighted by molar-refractivity contribution is 5.90. The van der Waals surface area contributed by atoms with Crippen molar-refractivity contribution in [2.75, 3.05) is 13.2 Å². The van der Waals surface area contributed by atoms with Crippen LogP contribution in [0.15, 0.2) is 36.0 Å². The summed E-state index contributed by atoms with van der Waals surface area (Å²) in [6, 6.07) is -0.114. The third kappa shape index (κ3) is 12.0. The van der Waals surface area contributed by atoms with Gasteiger partial charge in [0.25, 0.3) is 0 Å². The highest BCUT2D eigenvalue weighted by atomic mass is 16.6. The molecular formula is C35H55N3O8. The van der Waals surface area contributed by atoms with Crippen molar-refractivity contribution >= 4 is 23.7 Å². The maximum Gasteiger partial charge on any atom is 0.303 e. The second-order valence-electron chi connectivity index (χ2n) is 13.7. The Morgan fingerprint density at radius 2 is 1.80 bits per heavy atom. The minimum absolute atomic E-state index is 0.0243. The third-order valence-electron chi connectivity index (χ3n) is 8.72. The topological polar surface area (TPSA) is 145 Å². The molecular weight excluding hydrogens is 590 g/mol. The number of hydrogen-bond acceptors (Lipinski definition) is 8. The summed E-state index contributed by atoms with van der Waals surface area (Å²) in [6.07, 6.45) is 12.0. The molecule has 3 amide bonds. The first kappa shape index (κ1) is 37.4. The predicted molar refractivity (Wildman–Crippen MR) is 175 cm³/mol. The zero-order valence-corrected chi connectivity index (χ0v) is 28.9. The summed E-state index contributed by atoms with van der Waals surface area (Å²) in [4.78, 5) is 48.8. The number of hydrogen-bond donors (Lipinski definition) is 3. The van der Waals surface area contributed by atoms with Gasteiger partial charge in [0.15, 0.2) is 0 Å². The number of esters is 1. The van der Waals surface area contributed by atoms with Gasteiger partial charge in [-0.1, -0.05) is 37.6 Å². The molecule has 0 aromatic rings. The summed E-state index contributed by atoms with van der Waals surface area (Å²) in [5.74, 6) is -0.821. The summed E-state index contributed by atoms with van der Waals surface area (Å²) in [7, 11) is 0. The van der Waals surface area contributed by atoms with E-state index in [2.05, 4.69) is 29.0 Å². The van der Waals surface area contributed by atoms with E-state index in [0.717, 1.165) is 31.3 Å². The number of ether oxygens (including phenoxy) is 4. The Kier molecular flexibility index (Phi) is 13.6. The zero-order valence-electron chi connectivity index (χ0n) is 28.9. The van der Waals surface area contributed by atoms with Gasteiger partial charge in [-0.25, -0.2) is 0 Å². The first-order valence-corrected chi connectivity index (χ1v) is 16.7. The molecule has 8 atom stereocenters. The molecule has 46 heavy (non-hydrogen) atoms. The van der Waals surface area contributed by atoms with Crippen LogP contribution in [0.5, 0.6) is 0 Å². The van der Waals surface area contributed by atoms with Crippen LogP contribution in [0.2, 0.25) is 0 Å². The Bertz CT molecular complexity index is 1170. The van der Waals surface area contributed by atoms with E-state index < -0.39 is 17.6 Å². The summed E-state index contributed by atoms with van der Waals surface area (Å²) in [5.41, 5.74) is -0.167. The Morgan fingerprint density at radius 1 is 1.09 bits per heavy atom. The van der Waals surface area contributed by atoms with Crippen LogP contribution in [0.3, 0.4) is 0 Å². The van der Waals surface area contributed by atoms with Crippen molar-refractivity contribution in [3.8, 4) is 0 Å². The van der Waals surface area contributed by atoms with E-state index in [4.69, 9.17) is 18.9 Å². The van der Waals surface area contributed by atoms with E-state index in [0.29, 0.717) is 19.6 Å². The lowest BCUT2D eigenvalue weighted by Crippen LogP contribution is -2.55. The minimum Gasteiger partial charge on any atom is -0.459 e. The molecule has 0 aromatic carbocycles. The molecule has 11 nitrogen and oxygen atoms in total. The number of rotatable bonds is 14. The monoisotopic (exact) mass is 645 g/mol. The largest absolute Gasteiger partial charge is 0.459 e. The van der Waals surface area contributed by atoms with E-state index in [1.54, 1.807) is 26.8 Å². The Balaban J connectivity index is 1.48. The molecule has 3 aliphatic heterocycles. The smallest absolute Gasteiger partial charge is 0.303 e. The van der Waals surface area contributed by atoms with Crippen LogP contribution >= 0.6 is 0 Å². The fourth-order valence-corrected chi connectivity index (χ4v) is 6.00. The molecule has 0 radical (unpaired) electrons. The van der Waals surface area contributed by atoms with Gasteiger partial charge in [-0.15, -0.1) is 0 Å². The molecule has 0 saturated carbocycles. The minimum atomic E-state index is -1.01. The lowest BCUT2D eigenvalue weighted by atomic mass is 9.88. The van der Waals surface area contributed by atoms with Gasteiger partial charge >= 0.3 is 5.97 Å². The molecule has 3 saturated heterocycles. The molecule has 3 fully saturated rings. The van der Waals surface area contributed by atoms with Crippen molar-refractivity contribution in [2.45, 2.75) is 142 Å². The van der Waals surface area contributed by atoms with Gasteiger partial charge in [-0.3, -0.25) is 19.2 Å². The fraction of sp³-hybridized carbons (Fsp3) is 0.714. The molecule has 258 valence electrons. The molecule has 1 unspecified atom stereocenters. The average Bonchev–Trinajstić information content (AvgIpc) is 3.70. The zero-order chi connectivity index (χ0) is 34.1. The van der Waals surface area contributed by atoms with Crippen LogP contribution in [-0.4, -0.2) is 84.5 Å². The highest BCUT2D eigenvalue weighted by Gasteiger charge is 2.51. The molecule has 3 aliphatic rings. The van der Waals surface area contributed by atoms with Crippen LogP contribution in [0.4, 0.5) is 0 Å². The van der Waals surface area contributed by atoms with Gasteiger partial charge in [0.1, 0.15) is 11.6 Å². The number of allylic oxidation sites excluding steroid dienone is 2. The lowest BCUT2D eigenvalue weighted by Gasteiger charge is -2.39. The number of nitrogens with one attached hydrogen (secondary N) is 3. The molecule has 1 spiro atoms. The van der Waals surface area contributed by atoms with E-state index in [1.165, 1.54) is 13.0 Å². The molecule has 3 heterocycles. The second kappa shape index (κ2) is 16.7. The highest BCUT2D eigenvalue weighted by Crippen LogP contribution is 2.43. The van der Waals surface area contributed by atoms with Gasteiger partial charge in [0.2, 0.25) is 17.7 Å². The molecule has 3 N–H and O–H groups in total. The molecule has 0 aliphatic carbocycles. The number of epoxide rings is 1. The van der Waals surface area contributed by atoms with Gasteiger partial charge < -0.3 is 34.9 Å². The van der Waals surface area contributed by atoms with E-state index in [1.807, 2.05) is 32.9 Å². The molecule has 0 aromatic heterocycles. The average molecular weight is 646 g/mol. The summed E-state index contributed by atoms with van der Waals surface area (Å²) in [6.45, 7) is 15.8. The quantitative estimate of drug-likeness (QED) is 0.112. The number of carbonyl (C=O) groups is 4. The summed E-state index contributed by atoms with van der Waals surface area (Å²) >= 11 is 0. The fourth-order valence-electron chi connectivity index (χ4n) is 6.00. The Labute approximate surface area is 274 Å². The first-order valence-electron chi connectivity index (χ1n) is 16.7. The summed E-state index contributed by atoms with van der Waals surface area (Å²) < 4.78 is 23.4. The van der Waals surface area contributed by atoms with Crippen molar-refractivity contribution in [3.63, 3.8) is 0 Å². The van der Waals surface area contributed by atoms with Crippen LogP contribution in [0.25, 0.3) is 0 Å². The van der Waals surface area contributed by atoms with E-state index in [9.17, 15) is 19.2 Å².